The van der Waals surface area contributed by atoms with Gasteiger partial charge in [0.1, 0.15) is 0 Å². The number of benzene rings is 1. The Labute approximate surface area is 214 Å². The van der Waals surface area contributed by atoms with Crippen molar-refractivity contribution in [1.82, 2.24) is 0 Å². The van der Waals surface area contributed by atoms with Gasteiger partial charge in [-0.25, -0.2) is 0 Å². The molecule has 0 heteroatoms. The van der Waals surface area contributed by atoms with Crippen molar-refractivity contribution in [2.24, 2.45) is 34.5 Å². The molecule has 2 saturated carbocycles. The summed E-state index contributed by atoms with van der Waals surface area (Å²) in [7, 11) is 0. The van der Waals surface area contributed by atoms with Gasteiger partial charge >= 0.3 is 0 Å². The van der Waals surface area contributed by atoms with Crippen molar-refractivity contribution in [2.75, 3.05) is 0 Å². The van der Waals surface area contributed by atoms with Crippen LogP contribution in [0.25, 0.3) is 0 Å². The van der Waals surface area contributed by atoms with E-state index in [-0.39, 0.29) is 14.9 Å². The van der Waals surface area contributed by atoms with Crippen LogP contribution in [0.1, 0.15) is 106 Å². The Bertz CT molecular complexity index is 834. The molecule has 6 unspecified atom stereocenters. The largest absolute Gasteiger partial charge is 0.103 e. The van der Waals surface area contributed by atoms with Crippen molar-refractivity contribution in [3.05, 3.63) is 71.3 Å². The molecule has 1 aromatic carbocycles. The standard InChI is InChI=1S/C21H32.C8H10.C3H6.2CH4/c1-14-9-11-21(4)16(13-14)6-7-17-18-8-5-15(2)20(18,3)12-10-19(17)21;1-7-5-3-4-6-8(7)2;1-3-2;;/h5-6,14,17-19H,7-13H2,1-4H3;3-6H,1-2H3;3H,1H2,2H3;2*1H4. The summed E-state index contributed by atoms with van der Waals surface area (Å²) in [6.45, 7) is 19.5. The van der Waals surface area contributed by atoms with Gasteiger partial charge in [0.15, 0.2) is 0 Å². The van der Waals surface area contributed by atoms with E-state index in [1.165, 1.54) is 56.1 Å². The first kappa shape index (κ1) is 30.5. The molecule has 0 nitrogen and oxygen atoms in total. The smallest absolute Gasteiger partial charge is 0.00850 e. The van der Waals surface area contributed by atoms with Crippen molar-refractivity contribution in [2.45, 2.75) is 108 Å². The van der Waals surface area contributed by atoms with E-state index in [4.69, 9.17) is 0 Å². The van der Waals surface area contributed by atoms with E-state index in [0.717, 1.165) is 23.7 Å². The van der Waals surface area contributed by atoms with E-state index >= 15 is 0 Å². The summed E-state index contributed by atoms with van der Waals surface area (Å²) in [6.07, 6.45) is 17.0. The van der Waals surface area contributed by atoms with Crippen LogP contribution >= 0.6 is 0 Å². The van der Waals surface area contributed by atoms with Gasteiger partial charge in [0.05, 0.1) is 0 Å². The fraction of sp³-hybridized carbons (Fsp3) is 0.647. The maximum atomic E-state index is 3.36. The third-order valence-corrected chi connectivity index (χ3v) is 9.74. The van der Waals surface area contributed by atoms with E-state index in [0.29, 0.717) is 10.8 Å². The molecule has 4 aliphatic carbocycles. The highest BCUT2D eigenvalue weighted by atomic mass is 14.6. The quantitative estimate of drug-likeness (QED) is 0.335. The lowest BCUT2D eigenvalue weighted by Crippen LogP contribution is -2.49. The van der Waals surface area contributed by atoms with E-state index in [9.17, 15) is 0 Å². The first-order valence-electron chi connectivity index (χ1n) is 13.1. The lowest BCUT2D eigenvalue weighted by atomic mass is 9.47. The number of hydrogen-bond acceptors (Lipinski definition) is 0. The highest BCUT2D eigenvalue weighted by Gasteiger charge is 2.55. The normalized spacial score (nSPS) is 34.9. The predicted molar refractivity (Wildman–Crippen MR) is 155 cm³/mol. The minimum atomic E-state index is 0. The molecule has 6 atom stereocenters. The van der Waals surface area contributed by atoms with Crippen LogP contribution in [-0.2, 0) is 0 Å². The third kappa shape index (κ3) is 5.80. The van der Waals surface area contributed by atoms with Crippen LogP contribution < -0.4 is 0 Å². The predicted octanol–water partition coefficient (Wildman–Crippen LogP) is 10.9. The highest BCUT2D eigenvalue weighted by molar-refractivity contribution is 5.29. The molecule has 5 rings (SSSR count). The van der Waals surface area contributed by atoms with Crippen LogP contribution in [0.3, 0.4) is 0 Å². The summed E-state index contributed by atoms with van der Waals surface area (Å²) in [5.74, 6) is 3.79. The maximum Gasteiger partial charge on any atom is -0.00850 e. The summed E-state index contributed by atoms with van der Waals surface area (Å²) >= 11 is 0. The lowest BCUT2D eigenvalue weighted by Gasteiger charge is -2.57. The van der Waals surface area contributed by atoms with E-state index < -0.39 is 0 Å². The fourth-order valence-electron chi connectivity index (χ4n) is 7.29. The van der Waals surface area contributed by atoms with Crippen molar-refractivity contribution in [3.63, 3.8) is 0 Å². The lowest BCUT2D eigenvalue weighted by molar-refractivity contribution is -0.0202. The zero-order valence-corrected chi connectivity index (χ0v) is 22.0. The van der Waals surface area contributed by atoms with Gasteiger partial charge in [0.2, 0.25) is 0 Å². The Hall–Kier alpha value is -1.56. The Balaban J connectivity index is 0.000000377. The minimum absolute atomic E-state index is 0. The van der Waals surface area contributed by atoms with Crippen LogP contribution in [0, 0.1) is 48.3 Å². The minimum Gasteiger partial charge on any atom is -0.103 e. The monoisotopic (exact) mass is 464 g/mol. The average Bonchev–Trinajstić information content (AvgIpc) is 3.07. The second-order valence-corrected chi connectivity index (χ2v) is 11.7. The number of allylic oxidation sites excluding steroid dienone is 5. The van der Waals surface area contributed by atoms with Crippen LogP contribution in [0.15, 0.2) is 60.2 Å². The molecule has 0 bridgehead atoms. The van der Waals surface area contributed by atoms with Gasteiger partial charge < -0.3 is 0 Å². The second kappa shape index (κ2) is 12.4. The first-order valence-corrected chi connectivity index (χ1v) is 13.1. The van der Waals surface area contributed by atoms with Crippen molar-refractivity contribution < 1.29 is 0 Å². The first-order chi connectivity index (χ1) is 15.2. The molecule has 4 aliphatic rings. The molecule has 0 aromatic heterocycles. The summed E-state index contributed by atoms with van der Waals surface area (Å²) in [5, 5.41) is 0. The molecule has 0 N–H and O–H groups in total. The van der Waals surface area contributed by atoms with E-state index in [1.54, 1.807) is 11.6 Å². The van der Waals surface area contributed by atoms with Crippen LogP contribution in [-0.4, -0.2) is 0 Å². The molecule has 34 heavy (non-hydrogen) atoms. The van der Waals surface area contributed by atoms with Crippen molar-refractivity contribution >= 4 is 0 Å². The topological polar surface area (TPSA) is 0 Å². The summed E-state index contributed by atoms with van der Waals surface area (Å²) in [5.41, 5.74) is 7.36. The van der Waals surface area contributed by atoms with Crippen LogP contribution in [0.2, 0.25) is 0 Å². The Morgan fingerprint density at radius 2 is 1.41 bits per heavy atom. The van der Waals surface area contributed by atoms with Crippen molar-refractivity contribution in [3.8, 4) is 0 Å². The maximum absolute atomic E-state index is 3.36. The van der Waals surface area contributed by atoms with Crippen molar-refractivity contribution in [1.29, 1.82) is 0 Å². The van der Waals surface area contributed by atoms with Gasteiger partial charge in [-0.15, -0.1) is 6.58 Å². The fourth-order valence-corrected chi connectivity index (χ4v) is 7.29. The Kier molecular flexibility index (Phi) is 11.1. The number of rotatable bonds is 0. The SMILES string of the molecule is C.C.C=CC.CC1=CCC2C3CC=C4CC(C)CCC4(C)C3CCC12C.Cc1ccccc1C. The number of fused-ring (bicyclic) bond motifs is 5. The second-order valence-electron chi connectivity index (χ2n) is 11.7. The zero-order valence-electron chi connectivity index (χ0n) is 22.0. The summed E-state index contributed by atoms with van der Waals surface area (Å²) in [4.78, 5) is 0. The molecule has 0 spiro atoms. The average molecular weight is 465 g/mol. The number of hydrogen-bond donors (Lipinski definition) is 0. The molecule has 2 fully saturated rings. The molecule has 0 amide bonds. The highest BCUT2D eigenvalue weighted by Crippen LogP contribution is 2.65. The van der Waals surface area contributed by atoms with Gasteiger partial charge in [0.25, 0.3) is 0 Å². The molecular formula is C34H56. The van der Waals surface area contributed by atoms with Crippen LogP contribution in [0.5, 0.6) is 0 Å². The molecule has 192 valence electrons. The van der Waals surface area contributed by atoms with E-state index in [2.05, 4.69) is 84.5 Å². The molecular weight excluding hydrogens is 408 g/mol. The van der Waals surface area contributed by atoms with Gasteiger partial charge in [-0.2, -0.15) is 0 Å². The molecule has 0 radical (unpaired) electrons. The van der Waals surface area contributed by atoms with Gasteiger partial charge in [-0.1, -0.05) is 89.3 Å². The molecule has 0 aliphatic heterocycles. The number of aryl methyl sites for hydroxylation is 2. The zero-order chi connectivity index (χ0) is 23.5. The summed E-state index contributed by atoms with van der Waals surface area (Å²) in [6, 6.07) is 8.36. The van der Waals surface area contributed by atoms with Crippen LogP contribution in [0.4, 0.5) is 0 Å². The molecule has 0 heterocycles. The Morgan fingerprint density at radius 3 is 1.97 bits per heavy atom. The third-order valence-electron chi connectivity index (χ3n) is 9.74. The molecule has 1 aromatic rings. The van der Waals surface area contributed by atoms with E-state index in [1.807, 2.05) is 12.5 Å². The van der Waals surface area contributed by atoms with Gasteiger partial charge in [-0.05, 0) is 118 Å². The summed E-state index contributed by atoms with van der Waals surface area (Å²) < 4.78 is 0. The Morgan fingerprint density at radius 1 is 0.853 bits per heavy atom. The van der Waals surface area contributed by atoms with Gasteiger partial charge in [-0.3, -0.25) is 0 Å². The molecule has 0 saturated heterocycles. The van der Waals surface area contributed by atoms with Gasteiger partial charge in [0, 0.05) is 0 Å².